The van der Waals surface area contributed by atoms with Gasteiger partial charge in [-0.25, -0.2) is 0 Å². The van der Waals surface area contributed by atoms with Crippen LogP contribution in [0.4, 0.5) is 18.9 Å². The second-order valence-corrected chi connectivity index (χ2v) is 4.47. The molecule has 19 heavy (non-hydrogen) atoms. The molecule has 0 aliphatic carbocycles. The molecule has 2 N–H and O–H groups in total. The smallest absolute Gasteiger partial charge is 0.380 e. The van der Waals surface area contributed by atoms with E-state index in [4.69, 9.17) is 11.6 Å². The summed E-state index contributed by atoms with van der Waals surface area (Å²) in [4.78, 5) is 0. The highest BCUT2D eigenvalue weighted by atomic mass is 35.5. The summed E-state index contributed by atoms with van der Waals surface area (Å²) in [7, 11) is 0. The molecule has 0 amide bonds. The maximum Gasteiger partial charge on any atom is 0.416 e. The number of halogens is 4. The van der Waals surface area contributed by atoms with Gasteiger partial charge in [0, 0.05) is 17.8 Å². The van der Waals surface area contributed by atoms with Crippen LogP contribution in [0.1, 0.15) is 16.8 Å². The largest absolute Gasteiger partial charge is 0.416 e. The Hall–Kier alpha value is -1.69. The normalized spacial score (nSPS) is 11.6. The van der Waals surface area contributed by atoms with Crippen LogP contribution in [0.5, 0.6) is 0 Å². The Bertz CT molecular complexity index is 578. The van der Waals surface area contributed by atoms with Crippen molar-refractivity contribution in [2.75, 3.05) is 5.32 Å². The maximum absolute atomic E-state index is 12.5. The quantitative estimate of drug-likeness (QED) is 0.896. The fourth-order valence-electron chi connectivity index (χ4n) is 1.58. The van der Waals surface area contributed by atoms with Crippen LogP contribution in [0.3, 0.4) is 0 Å². The molecule has 0 saturated carbocycles. The zero-order valence-electron chi connectivity index (χ0n) is 9.98. The molecule has 1 heterocycles. The van der Waals surface area contributed by atoms with Crippen LogP contribution in [0.2, 0.25) is 5.02 Å². The van der Waals surface area contributed by atoms with Crippen molar-refractivity contribution in [2.45, 2.75) is 19.6 Å². The summed E-state index contributed by atoms with van der Waals surface area (Å²) < 4.78 is 37.4. The summed E-state index contributed by atoms with van der Waals surface area (Å²) in [5, 5.41) is 9.65. The minimum absolute atomic E-state index is 0.0379. The van der Waals surface area contributed by atoms with Gasteiger partial charge >= 0.3 is 6.18 Å². The molecule has 0 atom stereocenters. The topological polar surface area (TPSA) is 40.7 Å². The first-order chi connectivity index (χ1) is 8.88. The summed E-state index contributed by atoms with van der Waals surface area (Å²) in [6, 6.07) is 3.23. The highest BCUT2D eigenvalue weighted by molar-refractivity contribution is 6.33. The number of anilines is 1. The predicted octanol–water partition coefficient (Wildman–Crippen LogP) is 4.00. The van der Waals surface area contributed by atoms with Gasteiger partial charge in [-0.3, -0.25) is 5.10 Å². The van der Waals surface area contributed by atoms with Crippen molar-refractivity contribution in [3.63, 3.8) is 0 Å². The lowest BCUT2D eigenvalue weighted by Gasteiger charge is -2.11. The predicted molar refractivity (Wildman–Crippen MR) is 67.1 cm³/mol. The van der Waals surface area contributed by atoms with E-state index in [0.29, 0.717) is 12.2 Å². The Balaban J connectivity index is 2.12. The van der Waals surface area contributed by atoms with Crippen molar-refractivity contribution in [2.24, 2.45) is 0 Å². The fraction of sp³-hybridized carbons (Fsp3) is 0.250. The molecule has 2 aromatic rings. The Morgan fingerprint density at radius 3 is 2.63 bits per heavy atom. The first-order valence-electron chi connectivity index (χ1n) is 5.47. The SMILES string of the molecule is Cc1[nH]ncc1CNc1ccc(C(F)(F)F)cc1Cl. The van der Waals surface area contributed by atoms with E-state index in [9.17, 15) is 13.2 Å². The van der Waals surface area contributed by atoms with E-state index in [0.717, 1.165) is 23.4 Å². The van der Waals surface area contributed by atoms with E-state index >= 15 is 0 Å². The molecule has 0 unspecified atom stereocenters. The molecule has 0 saturated heterocycles. The van der Waals surface area contributed by atoms with Gasteiger partial charge in [0.25, 0.3) is 0 Å². The average molecular weight is 290 g/mol. The summed E-state index contributed by atoms with van der Waals surface area (Å²) in [5.74, 6) is 0. The van der Waals surface area contributed by atoms with E-state index in [1.807, 2.05) is 6.92 Å². The molecule has 2 rings (SSSR count). The number of rotatable bonds is 3. The van der Waals surface area contributed by atoms with Gasteiger partial charge < -0.3 is 5.32 Å². The van der Waals surface area contributed by atoms with Crippen LogP contribution in [-0.2, 0) is 12.7 Å². The van der Waals surface area contributed by atoms with Gasteiger partial charge in [0.2, 0.25) is 0 Å². The number of H-pyrrole nitrogens is 1. The highest BCUT2D eigenvalue weighted by Crippen LogP contribution is 2.33. The van der Waals surface area contributed by atoms with Crippen LogP contribution in [0, 0.1) is 6.92 Å². The van der Waals surface area contributed by atoms with Crippen LogP contribution in [0.15, 0.2) is 24.4 Å². The summed E-state index contributed by atoms with van der Waals surface area (Å²) in [5.41, 5.74) is 1.52. The molecule has 1 aromatic carbocycles. The molecule has 3 nitrogen and oxygen atoms in total. The van der Waals surface area contributed by atoms with Gasteiger partial charge in [-0.1, -0.05) is 11.6 Å². The zero-order chi connectivity index (χ0) is 14.0. The molecule has 0 aliphatic rings. The molecule has 0 fully saturated rings. The third kappa shape index (κ3) is 3.20. The Kier molecular flexibility index (Phi) is 3.71. The van der Waals surface area contributed by atoms with Crippen LogP contribution in [0.25, 0.3) is 0 Å². The molecular weight excluding hydrogens is 279 g/mol. The summed E-state index contributed by atoms with van der Waals surface area (Å²) in [6.45, 7) is 2.30. The van der Waals surface area contributed by atoms with Crippen molar-refractivity contribution in [3.05, 3.63) is 46.2 Å². The van der Waals surface area contributed by atoms with E-state index < -0.39 is 11.7 Å². The Morgan fingerprint density at radius 1 is 1.37 bits per heavy atom. The van der Waals surface area contributed by atoms with E-state index in [-0.39, 0.29) is 5.02 Å². The highest BCUT2D eigenvalue weighted by Gasteiger charge is 2.30. The number of nitrogens with one attached hydrogen (secondary N) is 2. The van der Waals surface area contributed by atoms with Gasteiger partial charge in [-0.2, -0.15) is 18.3 Å². The molecule has 0 spiro atoms. The number of hydrogen-bond acceptors (Lipinski definition) is 2. The van der Waals surface area contributed by atoms with Crippen molar-refractivity contribution >= 4 is 17.3 Å². The molecule has 102 valence electrons. The van der Waals surface area contributed by atoms with Gasteiger partial charge in [0.1, 0.15) is 0 Å². The molecule has 0 bridgehead atoms. The lowest BCUT2D eigenvalue weighted by Crippen LogP contribution is -2.06. The van der Waals surface area contributed by atoms with Crippen LogP contribution >= 0.6 is 11.6 Å². The number of aryl methyl sites for hydroxylation is 1. The third-order valence-corrected chi connectivity index (χ3v) is 3.01. The van der Waals surface area contributed by atoms with Crippen molar-refractivity contribution in [1.29, 1.82) is 0 Å². The molecule has 0 radical (unpaired) electrons. The first kappa shape index (κ1) is 13.7. The lowest BCUT2D eigenvalue weighted by molar-refractivity contribution is -0.137. The second-order valence-electron chi connectivity index (χ2n) is 4.07. The Morgan fingerprint density at radius 2 is 2.11 bits per heavy atom. The summed E-state index contributed by atoms with van der Waals surface area (Å²) >= 11 is 5.83. The number of aromatic nitrogens is 2. The van der Waals surface area contributed by atoms with Gasteiger partial charge in [0.15, 0.2) is 0 Å². The second kappa shape index (κ2) is 5.13. The minimum Gasteiger partial charge on any atom is -0.380 e. The monoisotopic (exact) mass is 289 g/mol. The lowest BCUT2D eigenvalue weighted by atomic mass is 10.2. The van der Waals surface area contributed by atoms with Crippen LogP contribution < -0.4 is 5.32 Å². The van der Waals surface area contributed by atoms with Crippen molar-refractivity contribution < 1.29 is 13.2 Å². The fourth-order valence-corrected chi connectivity index (χ4v) is 1.83. The molecule has 0 aliphatic heterocycles. The number of alkyl halides is 3. The van der Waals surface area contributed by atoms with E-state index in [2.05, 4.69) is 15.5 Å². The first-order valence-corrected chi connectivity index (χ1v) is 5.85. The number of aromatic amines is 1. The van der Waals surface area contributed by atoms with Crippen LogP contribution in [-0.4, -0.2) is 10.2 Å². The number of hydrogen-bond donors (Lipinski definition) is 2. The molecule has 1 aromatic heterocycles. The number of benzene rings is 1. The van der Waals surface area contributed by atoms with Gasteiger partial charge in [-0.05, 0) is 25.1 Å². The number of nitrogens with zero attached hydrogens (tertiary/aromatic N) is 1. The van der Waals surface area contributed by atoms with E-state index in [1.54, 1.807) is 6.20 Å². The van der Waals surface area contributed by atoms with Gasteiger partial charge in [-0.15, -0.1) is 0 Å². The molecule has 7 heteroatoms. The average Bonchev–Trinajstić information content (AvgIpc) is 2.72. The maximum atomic E-state index is 12.5. The zero-order valence-corrected chi connectivity index (χ0v) is 10.7. The van der Waals surface area contributed by atoms with E-state index in [1.165, 1.54) is 6.07 Å². The van der Waals surface area contributed by atoms with Crippen molar-refractivity contribution in [3.8, 4) is 0 Å². The standard InChI is InChI=1S/C12H11ClF3N3/c1-7-8(6-18-19-7)5-17-11-3-2-9(4-10(11)13)12(14,15)16/h2-4,6,17H,5H2,1H3,(H,18,19). The minimum atomic E-state index is -4.39. The van der Waals surface area contributed by atoms with Crippen molar-refractivity contribution in [1.82, 2.24) is 10.2 Å². The Labute approximate surface area is 112 Å². The van der Waals surface area contributed by atoms with Gasteiger partial charge in [0.05, 0.1) is 22.5 Å². The third-order valence-electron chi connectivity index (χ3n) is 2.70. The summed E-state index contributed by atoms with van der Waals surface area (Å²) in [6.07, 6.45) is -2.73. The molecular formula is C12H11ClF3N3.